The zero-order valence-electron chi connectivity index (χ0n) is 21.2. The number of carbonyl (C=O) groups excluding carboxylic acids is 3. The Labute approximate surface area is 220 Å². The van der Waals surface area contributed by atoms with E-state index < -0.39 is 21.9 Å². The molecule has 0 bridgehead atoms. The van der Waals surface area contributed by atoms with Crippen molar-refractivity contribution in [3.05, 3.63) is 45.8 Å². The number of hydrogen-bond donors (Lipinski definition) is 1. The second-order valence-corrected chi connectivity index (χ2v) is 11.3. The van der Waals surface area contributed by atoms with Crippen LogP contribution in [-0.4, -0.2) is 89.6 Å². The number of anilines is 1. The monoisotopic (exact) mass is 553 g/mol. The van der Waals surface area contributed by atoms with Crippen molar-refractivity contribution in [2.75, 3.05) is 59.5 Å². The third kappa shape index (κ3) is 6.54. The summed E-state index contributed by atoms with van der Waals surface area (Å²) in [7, 11) is 0.415. The number of esters is 1. The highest BCUT2D eigenvalue weighted by atomic mass is 32.2. The van der Waals surface area contributed by atoms with E-state index in [4.69, 9.17) is 14.2 Å². The number of carbonyl (C=O) groups is 3. The van der Waals surface area contributed by atoms with E-state index in [0.717, 1.165) is 10.4 Å². The average molecular weight is 554 g/mol. The van der Waals surface area contributed by atoms with Gasteiger partial charge in [-0.2, -0.15) is 4.31 Å². The number of sulfonamides is 1. The van der Waals surface area contributed by atoms with Crippen molar-refractivity contribution in [1.29, 1.82) is 0 Å². The highest BCUT2D eigenvalue weighted by molar-refractivity contribution is 7.89. The minimum Gasteiger partial charge on any atom is -0.465 e. The Hall–Kier alpha value is -2.84. The van der Waals surface area contributed by atoms with Crippen LogP contribution in [0.25, 0.3) is 0 Å². The van der Waals surface area contributed by atoms with Crippen LogP contribution in [-0.2, 0) is 42.0 Å². The van der Waals surface area contributed by atoms with Crippen molar-refractivity contribution in [3.63, 3.8) is 0 Å². The summed E-state index contributed by atoms with van der Waals surface area (Å²) < 4.78 is 42.4. The molecule has 2 amide bonds. The second kappa shape index (κ2) is 12.6. The van der Waals surface area contributed by atoms with Crippen LogP contribution in [0.3, 0.4) is 0 Å². The molecule has 3 rings (SSSR count). The number of methoxy groups -OCH3 is 3. The van der Waals surface area contributed by atoms with Gasteiger partial charge in [-0.3, -0.25) is 9.59 Å². The molecule has 13 heteroatoms. The lowest BCUT2D eigenvalue weighted by Gasteiger charge is -2.25. The number of ether oxygens (including phenoxy) is 3. The summed E-state index contributed by atoms with van der Waals surface area (Å²) >= 11 is 1.22. The molecule has 0 atom stereocenters. The Morgan fingerprint density at radius 2 is 1.68 bits per heavy atom. The van der Waals surface area contributed by atoms with E-state index in [1.165, 1.54) is 68.2 Å². The van der Waals surface area contributed by atoms with Gasteiger partial charge in [0, 0.05) is 51.2 Å². The SMILES string of the molecule is COCCN(CCOC)S(=O)(=O)c1ccc(C(=O)Nc2sc3c(c2C(=O)OC)CCN(C(C)=O)C3)cc1. The lowest BCUT2D eigenvalue weighted by atomic mass is 10.0. The molecule has 202 valence electrons. The Morgan fingerprint density at radius 1 is 1.05 bits per heavy atom. The first kappa shape index (κ1) is 28.7. The minimum absolute atomic E-state index is 0.0300. The van der Waals surface area contributed by atoms with Crippen molar-refractivity contribution in [1.82, 2.24) is 9.21 Å². The van der Waals surface area contributed by atoms with Crippen LogP contribution in [0.1, 0.15) is 38.1 Å². The summed E-state index contributed by atoms with van der Waals surface area (Å²) in [6.07, 6.45) is 0.473. The van der Waals surface area contributed by atoms with E-state index in [9.17, 15) is 22.8 Å². The zero-order valence-corrected chi connectivity index (χ0v) is 22.9. The van der Waals surface area contributed by atoms with Gasteiger partial charge in [-0.05, 0) is 36.2 Å². The second-order valence-electron chi connectivity index (χ2n) is 8.26. The van der Waals surface area contributed by atoms with Gasteiger partial charge in [0.2, 0.25) is 15.9 Å². The number of thiophene rings is 1. The third-order valence-corrected chi connectivity index (χ3v) is 9.01. The first-order chi connectivity index (χ1) is 17.6. The minimum atomic E-state index is -3.83. The van der Waals surface area contributed by atoms with Gasteiger partial charge in [0.05, 0.1) is 37.3 Å². The number of fused-ring (bicyclic) bond motifs is 1. The van der Waals surface area contributed by atoms with Crippen LogP contribution in [0.5, 0.6) is 0 Å². The van der Waals surface area contributed by atoms with Gasteiger partial charge in [-0.15, -0.1) is 11.3 Å². The summed E-state index contributed by atoms with van der Waals surface area (Å²) in [4.78, 5) is 39.9. The number of amides is 2. The molecular weight excluding hydrogens is 522 g/mol. The van der Waals surface area contributed by atoms with Crippen molar-refractivity contribution >= 4 is 44.1 Å². The number of rotatable bonds is 11. The largest absolute Gasteiger partial charge is 0.465 e. The highest BCUT2D eigenvalue weighted by Crippen LogP contribution is 2.38. The quantitative estimate of drug-likeness (QED) is 0.418. The summed E-state index contributed by atoms with van der Waals surface area (Å²) in [5.41, 5.74) is 1.26. The molecule has 1 aromatic carbocycles. The molecule has 2 heterocycles. The maximum Gasteiger partial charge on any atom is 0.341 e. The fraction of sp³-hybridized carbons (Fsp3) is 0.458. The molecule has 0 radical (unpaired) electrons. The fourth-order valence-corrected chi connectivity index (χ4v) is 6.57. The first-order valence-electron chi connectivity index (χ1n) is 11.5. The van der Waals surface area contributed by atoms with Gasteiger partial charge >= 0.3 is 5.97 Å². The Bertz CT molecular complexity index is 1230. The van der Waals surface area contributed by atoms with E-state index in [1.54, 1.807) is 4.90 Å². The smallest absolute Gasteiger partial charge is 0.341 e. The molecule has 0 spiro atoms. The molecule has 0 saturated heterocycles. The van der Waals surface area contributed by atoms with Gasteiger partial charge in [-0.25, -0.2) is 13.2 Å². The number of benzene rings is 1. The van der Waals surface area contributed by atoms with Gasteiger partial charge in [0.15, 0.2) is 0 Å². The molecule has 0 unspecified atom stereocenters. The number of hydrogen-bond acceptors (Lipinski definition) is 9. The van der Waals surface area contributed by atoms with Gasteiger partial charge in [-0.1, -0.05) is 0 Å². The van der Waals surface area contributed by atoms with Crippen LogP contribution in [0.15, 0.2) is 29.2 Å². The number of nitrogens with zero attached hydrogens (tertiary/aromatic N) is 2. The first-order valence-corrected chi connectivity index (χ1v) is 13.8. The molecular formula is C24H31N3O8S2. The molecule has 11 nitrogen and oxygen atoms in total. The zero-order chi connectivity index (χ0) is 27.2. The standard InChI is InChI=1S/C24H31N3O8S2/c1-16(28)26-10-9-19-20(15-26)36-23(21(19)24(30)35-4)25-22(29)17-5-7-18(8-6-17)37(31,32)27(11-13-33-2)12-14-34-3/h5-8H,9-15H2,1-4H3,(H,25,29). The molecule has 37 heavy (non-hydrogen) atoms. The van der Waals surface area contributed by atoms with Crippen molar-refractivity contribution < 1.29 is 37.0 Å². The van der Waals surface area contributed by atoms with Gasteiger partial charge in [0.25, 0.3) is 5.91 Å². The molecule has 2 aromatic rings. The lowest BCUT2D eigenvalue weighted by molar-refractivity contribution is -0.129. The highest BCUT2D eigenvalue weighted by Gasteiger charge is 2.30. The molecule has 1 aromatic heterocycles. The van der Waals surface area contributed by atoms with Crippen molar-refractivity contribution in [2.24, 2.45) is 0 Å². The third-order valence-electron chi connectivity index (χ3n) is 5.96. The summed E-state index contributed by atoms with van der Waals surface area (Å²) in [6.45, 7) is 3.07. The van der Waals surface area contributed by atoms with Crippen LogP contribution < -0.4 is 5.32 Å². The van der Waals surface area contributed by atoms with E-state index in [0.29, 0.717) is 24.5 Å². The van der Waals surface area contributed by atoms with E-state index >= 15 is 0 Å². The molecule has 1 N–H and O–H groups in total. The summed E-state index contributed by atoms with van der Waals surface area (Å²) in [5, 5.41) is 3.09. The van der Waals surface area contributed by atoms with E-state index in [2.05, 4.69) is 5.32 Å². The number of nitrogens with one attached hydrogen (secondary N) is 1. The van der Waals surface area contributed by atoms with Crippen LogP contribution in [0.2, 0.25) is 0 Å². The molecule has 1 aliphatic rings. The summed E-state index contributed by atoms with van der Waals surface area (Å²) in [6, 6.07) is 5.55. The molecule has 0 aliphatic carbocycles. The van der Waals surface area contributed by atoms with Crippen LogP contribution >= 0.6 is 11.3 Å². The normalized spacial score (nSPS) is 13.4. The fourth-order valence-electron chi connectivity index (χ4n) is 3.92. The van der Waals surface area contributed by atoms with Crippen LogP contribution in [0.4, 0.5) is 5.00 Å². The Morgan fingerprint density at radius 3 is 2.22 bits per heavy atom. The molecule has 0 saturated carbocycles. The predicted octanol–water partition coefficient (Wildman–Crippen LogP) is 1.98. The molecule has 0 fully saturated rings. The Balaban J connectivity index is 1.83. The van der Waals surface area contributed by atoms with E-state index in [-0.39, 0.29) is 48.2 Å². The average Bonchev–Trinajstić information content (AvgIpc) is 3.25. The van der Waals surface area contributed by atoms with Gasteiger partial charge < -0.3 is 24.4 Å². The predicted molar refractivity (Wildman–Crippen MR) is 137 cm³/mol. The maximum absolute atomic E-state index is 13.1. The lowest BCUT2D eigenvalue weighted by Crippen LogP contribution is -2.36. The van der Waals surface area contributed by atoms with Crippen molar-refractivity contribution in [2.45, 2.75) is 24.8 Å². The van der Waals surface area contributed by atoms with Gasteiger partial charge in [0.1, 0.15) is 5.00 Å². The topological polar surface area (TPSA) is 132 Å². The molecule has 1 aliphatic heterocycles. The van der Waals surface area contributed by atoms with E-state index in [1.807, 2.05) is 0 Å². The van der Waals surface area contributed by atoms with Crippen molar-refractivity contribution in [3.8, 4) is 0 Å². The Kier molecular flexibility index (Phi) is 9.79. The maximum atomic E-state index is 13.1. The summed E-state index contributed by atoms with van der Waals surface area (Å²) in [5.74, 6) is -1.15. The van der Waals surface area contributed by atoms with Crippen LogP contribution in [0, 0.1) is 0 Å².